The molecule has 0 unspecified atom stereocenters. The molecule has 0 aromatic carbocycles. The second kappa shape index (κ2) is 3.82. The lowest BCUT2D eigenvalue weighted by atomic mass is 9.96. The zero-order valence-electron chi connectivity index (χ0n) is 11.3. The highest BCUT2D eigenvalue weighted by molar-refractivity contribution is 6.07. The second-order valence-electron chi connectivity index (χ2n) is 5.60. The molecule has 1 N–H and O–H groups in total. The van der Waals surface area contributed by atoms with Gasteiger partial charge in [0.1, 0.15) is 11.3 Å². The van der Waals surface area contributed by atoms with Crippen LogP contribution in [0.4, 0.5) is 4.79 Å². The summed E-state index contributed by atoms with van der Waals surface area (Å²) in [6.07, 6.45) is 2.00. The molecule has 2 heterocycles. The Labute approximate surface area is 111 Å². The standard InChI is InChI=1S/C13H17N3O3/c1-7-10(8(2)19-15-7)6-16-11(17)13(3,9-4-5-9)14-12(16)18/h9H,4-6H2,1-3H3,(H,14,18)/t13-/m1/s1. The van der Waals surface area contributed by atoms with Crippen LogP contribution in [0.15, 0.2) is 4.52 Å². The van der Waals surface area contributed by atoms with Crippen molar-refractivity contribution in [3.8, 4) is 0 Å². The summed E-state index contributed by atoms with van der Waals surface area (Å²) in [7, 11) is 0. The van der Waals surface area contributed by atoms with Crippen molar-refractivity contribution in [2.45, 2.75) is 45.7 Å². The van der Waals surface area contributed by atoms with E-state index in [0.29, 0.717) is 5.76 Å². The molecule has 19 heavy (non-hydrogen) atoms. The van der Waals surface area contributed by atoms with Gasteiger partial charge >= 0.3 is 6.03 Å². The van der Waals surface area contributed by atoms with Crippen LogP contribution in [0.1, 0.15) is 36.8 Å². The van der Waals surface area contributed by atoms with E-state index in [4.69, 9.17) is 4.52 Å². The van der Waals surface area contributed by atoms with Gasteiger partial charge in [-0.3, -0.25) is 9.69 Å². The lowest BCUT2D eigenvalue weighted by Gasteiger charge is -2.20. The Kier molecular flexibility index (Phi) is 2.45. The molecule has 1 saturated carbocycles. The van der Waals surface area contributed by atoms with Crippen LogP contribution in [0.5, 0.6) is 0 Å². The normalized spacial score (nSPS) is 27.0. The van der Waals surface area contributed by atoms with Crippen molar-refractivity contribution >= 4 is 11.9 Å². The summed E-state index contributed by atoms with van der Waals surface area (Å²) in [4.78, 5) is 25.8. The highest BCUT2D eigenvalue weighted by Gasteiger charge is 2.56. The highest BCUT2D eigenvalue weighted by atomic mass is 16.5. The molecular weight excluding hydrogens is 246 g/mol. The molecule has 1 aromatic heterocycles. The van der Waals surface area contributed by atoms with E-state index >= 15 is 0 Å². The van der Waals surface area contributed by atoms with Crippen LogP contribution < -0.4 is 5.32 Å². The topological polar surface area (TPSA) is 75.4 Å². The number of urea groups is 1. The molecule has 3 rings (SSSR count). The molecule has 3 amide bonds. The molecule has 0 radical (unpaired) electrons. The summed E-state index contributed by atoms with van der Waals surface area (Å²) in [6, 6.07) is -0.320. The van der Waals surface area contributed by atoms with E-state index < -0.39 is 5.54 Å². The summed E-state index contributed by atoms with van der Waals surface area (Å²) in [5.41, 5.74) is 0.803. The molecule has 6 nitrogen and oxygen atoms in total. The maximum absolute atomic E-state index is 12.5. The summed E-state index contributed by atoms with van der Waals surface area (Å²) < 4.78 is 5.07. The van der Waals surface area contributed by atoms with Gasteiger partial charge in [0.15, 0.2) is 0 Å². The number of rotatable bonds is 3. The van der Waals surface area contributed by atoms with Crippen LogP contribution in [0.3, 0.4) is 0 Å². The molecule has 2 aliphatic rings. The van der Waals surface area contributed by atoms with Gasteiger partial charge in [0, 0.05) is 5.56 Å². The van der Waals surface area contributed by atoms with Crippen LogP contribution in [-0.4, -0.2) is 27.5 Å². The molecular formula is C13H17N3O3. The summed E-state index contributed by atoms with van der Waals surface area (Å²) in [5.74, 6) is 0.789. The molecule has 1 aliphatic carbocycles. The number of hydrogen-bond donors (Lipinski definition) is 1. The van der Waals surface area contributed by atoms with Crippen LogP contribution in [0, 0.1) is 19.8 Å². The fourth-order valence-electron chi connectivity index (χ4n) is 2.68. The SMILES string of the molecule is Cc1noc(C)c1CN1C(=O)N[C@](C)(C2CC2)C1=O. The monoisotopic (exact) mass is 263 g/mol. The molecule has 1 saturated heterocycles. The van der Waals surface area contributed by atoms with Gasteiger partial charge < -0.3 is 9.84 Å². The van der Waals surface area contributed by atoms with Crippen molar-refractivity contribution in [2.24, 2.45) is 5.92 Å². The first-order valence-electron chi connectivity index (χ1n) is 6.49. The average Bonchev–Trinajstić information content (AvgIpc) is 3.12. The molecule has 1 aliphatic heterocycles. The predicted molar refractivity (Wildman–Crippen MR) is 66.2 cm³/mol. The summed E-state index contributed by atoms with van der Waals surface area (Å²) in [5, 5.41) is 6.68. The third kappa shape index (κ3) is 1.74. The number of nitrogens with zero attached hydrogens (tertiary/aromatic N) is 2. The minimum absolute atomic E-state index is 0.139. The maximum atomic E-state index is 12.5. The van der Waals surface area contributed by atoms with Gasteiger partial charge in [-0.25, -0.2) is 4.79 Å². The first-order valence-corrected chi connectivity index (χ1v) is 6.49. The summed E-state index contributed by atoms with van der Waals surface area (Å²) in [6.45, 7) is 5.64. The first-order chi connectivity index (χ1) is 8.93. The van der Waals surface area contributed by atoms with Crippen molar-refractivity contribution in [1.29, 1.82) is 0 Å². The number of nitrogens with one attached hydrogen (secondary N) is 1. The van der Waals surface area contributed by atoms with Crippen molar-refractivity contribution in [3.05, 3.63) is 17.0 Å². The van der Waals surface area contributed by atoms with Gasteiger partial charge in [0.2, 0.25) is 0 Å². The van der Waals surface area contributed by atoms with Gasteiger partial charge in [-0.15, -0.1) is 0 Å². The first kappa shape index (κ1) is 12.2. The Balaban J connectivity index is 1.86. The number of amides is 3. The molecule has 1 aromatic rings. The van der Waals surface area contributed by atoms with E-state index in [9.17, 15) is 9.59 Å². The van der Waals surface area contributed by atoms with Gasteiger partial charge in [-0.1, -0.05) is 5.16 Å². The minimum Gasteiger partial charge on any atom is -0.361 e. The van der Waals surface area contributed by atoms with Gasteiger partial charge in [-0.2, -0.15) is 0 Å². The molecule has 2 fully saturated rings. The van der Waals surface area contributed by atoms with E-state index in [1.807, 2.05) is 13.8 Å². The number of hydrogen-bond acceptors (Lipinski definition) is 4. The third-order valence-corrected chi connectivity index (χ3v) is 4.19. The number of carbonyl (C=O) groups excluding carboxylic acids is 2. The van der Waals surface area contributed by atoms with Gasteiger partial charge in [0.05, 0.1) is 12.2 Å². The quantitative estimate of drug-likeness (QED) is 0.839. The lowest BCUT2D eigenvalue weighted by Crippen LogP contribution is -2.46. The number of imide groups is 1. The van der Waals surface area contributed by atoms with Crippen molar-refractivity contribution in [1.82, 2.24) is 15.4 Å². The van der Waals surface area contributed by atoms with E-state index in [1.165, 1.54) is 4.90 Å². The maximum Gasteiger partial charge on any atom is 0.325 e. The number of carbonyl (C=O) groups is 2. The fraction of sp³-hybridized carbons (Fsp3) is 0.615. The molecule has 102 valence electrons. The number of aryl methyl sites for hydroxylation is 2. The average molecular weight is 263 g/mol. The molecule has 0 spiro atoms. The van der Waals surface area contributed by atoms with Crippen molar-refractivity contribution < 1.29 is 14.1 Å². The van der Waals surface area contributed by atoms with E-state index in [0.717, 1.165) is 24.1 Å². The molecule has 6 heteroatoms. The Morgan fingerprint density at radius 3 is 2.63 bits per heavy atom. The highest BCUT2D eigenvalue weighted by Crippen LogP contribution is 2.42. The van der Waals surface area contributed by atoms with Crippen LogP contribution >= 0.6 is 0 Å². The molecule has 1 atom stereocenters. The minimum atomic E-state index is -0.726. The van der Waals surface area contributed by atoms with Gasteiger partial charge in [-0.05, 0) is 39.5 Å². The smallest absolute Gasteiger partial charge is 0.325 e. The van der Waals surface area contributed by atoms with E-state index in [-0.39, 0.29) is 24.4 Å². The Morgan fingerprint density at radius 1 is 1.42 bits per heavy atom. The third-order valence-electron chi connectivity index (χ3n) is 4.19. The fourth-order valence-corrected chi connectivity index (χ4v) is 2.68. The van der Waals surface area contributed by atoms with Gasteiger partial charge in [0.25, 0.3) is 5.91 Å². The predicted octanol–water partition coefficient (Wildman–Crippen LogP) is 1.51. The van der Waals surface area contributed by atoms with E-state index in [1.54, 1.807) is 6.92 Å². The van der Waals surface area contributed by atoms with Crippen molar-refractivity contribution in [2.75, 3.05) is 0 Å². The Bertz CT molecular complexity index is 542. The van der Waals surface area contributed by atoms with Crippen molar-refractivity contribution in [3.63, 3.8) is 0 Å². The van der Waals surface area contributed by atoms with Crippen LogP contribution in [0.25, 0.3) is 0 Å². The largest absolute Gasteiger partial charge is 0.361 e. The Morgan fingerprint density at radius 2 is 2.11 bits per heavy atom. The zero-order chi connectivity index (χ0) is 13.8. The lowest BCUT2D eigenvalue weighted by molar-refractivity contribution is -0.131. The van der Waals surface area contributed by atoms with E-state index in [2.05, 4.69) is 10.5 Å². The Hall–Kier alpha value is -1.85. The van der Waals surface area contributed by atoms with Crippen LogP contribution in [-0.2, 0) is 11.3 Å². The zero-order valence-corrected chi connectivity index (χ0v) is 11.3. The molecule has 0 bridgehead atoms. The second-order valence-corrected chi connectivity index (χ2v) is 5.60. The van der Waals surface area contributed by atoms with Crippen LogP contribution in [0.2, 0.25) is 0 Å². The summed E-state index contributed by atoms with van der Waals surface area (Å²) >= 11 is 0. The number of aromatic nitrogens is 1.